The van der Waals surface area contributed by atoms with E-state index in [1.165, 1.54) is 0 Å². The van der Waals surface area contributed by atoms with Gasteiger partial charge in [0, 0.05) is 25.7 Å². The number of nitrogens with zero attached hydrogens (tertiary/aromatic N) is 2. The van der Waals surface area contributed by atoms with Crippen molar-refractivity contribution in [3.8, 4) is 0 Å². The fourth-order valence-corrected chi connectivity index (χ4v) is 3.27. The second kappa shape index (κ2) is 7.51. The van der Waals surface area contributed by atoms with Crippen molar-refractivity contribution in [2.75, 3.05) is 18.5 Å². The molecule has 2 aromatic carbocycles. The molecule has 1 heterocycles. The van der Waals surface area contributed by atoms with Gasteiger partial charge in [-0.1, -0.05) is 48.0 Å². The van der Waals surface area contributed by atoms with Crippen LogP contribution < -0.4 is 4.90 Å². The molecule has 0 N–H and O–H groups in total. The largest absolute Gasteiger partial charge is 0.327 e. The summed E-state index contributed by atoms with van der Waals surface area (Å²) in [5.74, 6) is -0.0175. The van der Waals surface area contributed by atoms with E-state index in [-0.39, 0.29) is 11.8 Å². The number of amides is 2. The van der Waals surface area contributed by atoms with Crippen LogP contribution >= 0.6 is 0 Å². The van der Waals surface area contributed by atoms with Crippen molar-refractivity contribution in [3.63, 3.8) is 0 Å². The minimum absolute atomic E-state index is 0.0609. The van der Waals surface area contributed by atoms with Crippen molar-refractivity contribution in [2.45, 2.75) is 32.2 Å². The average molecular weight is 336 g/mol. The molecular weight excluding hydrogens is 312 g/mol. The number of benzene rings is 2. The van der Waals surface area contributed by atoms with Crippen LogP contribution in [0, 0.1) is 6.92 Å². The normalized spacial score (nSPS) is 15.8. The average Bonchev–Trinajstić information content (AvgIpc) is 2.64. The molecule has 0 aliphatic carbocycles. The van der Waals surface area contributed by atoms with Crippen molar-refractivity contribution < 1.29 is 9.59 Å². The lowest BCUT2D eigenvalue weighted by molar-refractivity contribution is -0.141. The van der Waals surface area contributed by atoms with Gasteiger partial charge in [0.2, 0.25) is 5.91 Å². The Hall–Kier alpha value is -2.62. The Balaban J connectivity index is 1.94. The summed E-state index contributed by atoms with van der Waals surface area (Å²) in [5, 5.41) is 0. The molecule has 1 fully saturated rings. The van der Waals surface area contributed by atoms with Crippen LogP contribution in [0.1, 0.15) is 36.4 Å². The van der Waals surface area contributed by atoms with E-state index in [1.54, 1.807) is 16.8 Å². The second-order valence-corrected chi connectivity index (χ2v) is 6.59. The quantitative estimate of drug-likeness (QED) is 0.854. The summed E-state index contributed by atoms with van der Waals surface area (Å²) in [6.45, 7) is 2.65. The molecule has 1 saturated heterocycles. The zero-order valence-corrected chi connectivity index (χ0v) is 14.8. The van der Waals surface area contributed by atoms with Crippen LogP contribution in [0.3, 0.4) is 0 Å². The minimum atomic E-state index is -0.569. The van der Waals surface area contributed by atoms with Crippen molar-refractivity contribution in [1.29, 1.82) is 0 Å². The van der Waals surface area contributed by atoms with Crippen molar-refractivity contribution in [2.24, 2.45) is 0 Å². The number of rotatable bonds is 4. The number of piperidine rings is 1. The molecule has 3 rings (SSSR count). The van der Waals surface area contributed by atoms with Gasteiger partial charge >= 0.3 is 0 Å². The Bertz CT molecular complexity index is 740. The maximum absolute atomic E-state index is 13.3. The molecule has 25 heavy (non-hydrogen) atoms. The summed E-state index contributed by atoms with van der Waals surface area (Å²) in [5.41, 5.74) is 2.85. The molecule has 0 spiro atoms. The minimum Gasteiger partial charge on any atom is -0.327 e. The molecule has 4 nitrogen and oxygen atoms in total. The van der Waals surface area contributed by atoms with E-state index in [2.05, 4.69) is 0 Å². The summed E-state index contributed by atoms with van der Waals surface area (Å²) in [7, 11) is 1.78. The van der Waals surface area contributed by atoms with E-state index in [4.69, 9.17) is 0 Å². The topological polar surface area (TPSA) is 40.6 Å². The van der Waals surface area contributed by atoms with Gasteiger partial charge in [-0.3, -0.25) is 9.59 Å². The summed E-state index contributed by atoms with van der Waals surface area (Å²) in [4.78, 5) is 29.2. The Labute approximate surface area is 149 Å². The lowest BCUT2D eigenvalue weighted by Gasteiger charge is -2.36. The molecule has 130 valence electrons. The number of carbonyl (C=O) groups excluding carboxylic acids is 2. The van der Waals surface area contributed by atoms with Gasteiger partial charge in [0.05, 0.1) is 0 Å². The fraction of sp³-hybridized carbons (Fsp3) is 0.333. The van der Waals surface area contributed by atoms with Gasteiger partial charge in [0.25, 0.3) is 5.91 Å². The first-order valence-electron chi connectivity index (χ1n) is 8.76. The zero-order chi connectivity index (χ0) is 17.8. The van der Waals surface area contributed by atoms with Gasteiger partial charge in [-0.25, -0.2) is 0 Å². The maximum atomic E-state index is 13.3. The van der Waals surface area contributed by atoms with E-state index in [0.29, 0.717) is 13.0 Å². The molecule has 2 amide bonds. The summed E-state index contributed by atoms with van der Waals surface area (Å²) in [6.07, 6.45) is 2.36. The highest BCUT2D eigenvalue weighted by Gasteiger charge is 2.34. The third-order valence-corrected chi connectivity index (χ3v) is 4.77. The number of likely N-dealkylation sites (N-methyl/N-ethyl adjacent to an activating group) is 1. The van der Waals surface area contributed by atoms with Crippen LogP contribution in [0.25, 0.3) is 0 Å². The van der Waals surface area contributed by atoms with Crippen LogP contribution in [0.4, 0.5) is 5.69 Å². The summed E-state index contributed by atoms with van der Waals surface area (Å²) < 4.78 is 0. The van der Waals surface area contributed by atoms with E-state index in [1.807, 2.05) is 61.5 Å². The Morgan fingerprint density at radius 3 is 2.36 bits per heavy atom. The van der Waals surface area contributed by atoms with Crippen LogP contribution in [0.15, 0.2) is 54.6 Å². The molecule has 2 aromatic rings. The van der Waals surface area contributed by atoms with E-state index < -0.39 is 6.04 Å². The molecule has 1 unspecified atom stereocenters. The van der Waals surface area contributed by atoms with E-state index in [9.17, 15) is 9.59 Å². The Morgan fingerprint density at radius 2 is 1.72 bits per heavy atom. The Kier molecular flexibility index (Phi) is 5.17. The molecule has 0 bridgehead atoms. The van der Waals surface area contributed by atoms with Gasteiger partial charge in [-0.15, -0.1) is 0 Å². The van der Waals surface area contributed by atoms with Gasteiger partial charge in [-0.05, 0) is 37.5 Å². The summed E-state index contributed by atoms with van der Waals surface area (Å²) in [6, 6.07) is 16.9. The first-order valence-corrected chi connectivity index (χ1v) is 8.76. The lowest BCUT2D eigenvalue weighted by Crippen LogP contribution is -2.46. The first-order chi connectivity index (χ1) is 12.1. The fourth-order valence-electron chi connectivity index (χ4n) is 3.27. The number of anilines is 1. The predicted molar refractivity (Wildman–Crippen MR) is 99.3 cm³/mol. The SMILES string of the molecule is Cc1ccc(N(C)C(=O)C(c2ccccc2)N2CCCCC2=O)cc1. The molecular formula is C21H24N2O2. The first kappa shape index (κ1) is 17.2. The maximum Gasteiger partial charge on any atom is 0.254 e. The van der Waals surface area contributed by atoms with Gasteiger partial charge in [-0.2, -0.15) is 0 Å². The third kappa shape index (κ3) is 3.73. The van der Waals surface area contributed by atoms with E-state index >= 15 is 0 Å². The number of aryl methyl sites for hydroxylation is 1. The molecule has 0 radical (unpaired) electrons. The van der Waals surface area contributed by atoms with Crippen LogP contribution in [0.5, 0.6) is 0 Å². The molecule has 0 saturated carbocycles. The predicted octanol–water partition coefficient (Wildman–Crippen LogP) is 3.71. The van der Waals surface area contributed by atoms with Crippen molar-refractivity contribution in [3.05, 3.63) is 65.7 Å². The standard InChI is InChI=1S/C21H24N2O2/c1-16-11-13-18(14-12-16)22(2)21(25)20(17-8-4-3-5-9-17)23-15-7-6-10-19(23)24/h3-5,8-9,11-14,20H,6-7,10,15H2,1-2H3. The summed E-state index contributed by atoms with van der Waals surface area (Å²) >= 11 is 0. The zero-order valence-electron chi connectivity index (χ0n) is 14.8. The van der Waals surface area contributed by atoms with Crippen LogP contribution in [-0.2, 0) is 9.59 Å². The molecule has 0 aromatic heterocycles. The highest BCUT2D eigenvalue weighted by atomic mass is 16.2. The molecule has 1 atom stereocenters. The van der Waals surface area contributed by atoms with Crippen molar-refractivity contribution >= 4 is 17.5 Å². The number of hydrogen-bond acceptors (Lipinski definition) is 2. The third-order valence-electron chi connectivity index (χ3n) is 4.77. The molecule has 4 heteroatoms. The Morgan fingerprint density at radius 1 is 1.04 bits per heavy atom. The van der Waals surface area contributed by atoms with Gasteiger partial charge in [0.1, 0.15) is 6.04 Å². The number of carbonyl (C=O) groups is 2. The molecule has 1 aliphatic rings. The highest BCUT2D eigenvalue weighted by molar-refractivity contribution is 5.99. The number of likely N-dealkylation sites (tertiary alicyclic amines) is 1. The van der Waals surface area contributed by atoms with Crippen LogP contribution in [0.2, 0.25) is 0 Å². The highest BCUT2D eigenvalue weighted by Crippen LogP contribution is 2.29. The van der Waals surface area contributed by atoms with Gasteiger partial charge < -0.3 is 9.80 Å². The molecule has 1 aliphatic heterocycles. The van der Waals surface area contributed by atoms with Crippen molar-refractivity contribution in [1.82, 2.24) is 4.90 Å². The monoisotopic (exact) mass is 336 g/mol. The van der Waals surface area contributed by atoms with E-state index in [0.717, 1.165) is 29.7 Å². The number of hydrogen-bond donors (Lipinski definition) is 0. The van der Waals surface area contributed by atoms with Crippen LogP contribution in [-0.4, -0.2) is 30.3 Å². The lowest BCUT2D eigenvalue weighted by atomic mass is 10.00. The second-order valence-electron chi connectivity index (χ2n) is 6.59. The smallest absolute Gasteiger partial charge is 0.254 e. The van der Waals surface area contributed by atoms with Gasteiger partial charge in [0.15, 0.2) is 0 Å².